The van der Waals surface area contributed by atoms with Crippen molar-refractivity contribution in [2.45, 2.75) is 59.3 Å². The second-order valence-corrected chi connectivity index (χ2v) is 8.93. The van der Waals surface area contributed by atoms with E-state index in [4.69, 9.17) is 0 Å². The van der Waals surface area contributed by atoms with Crippen LogP contribution in [0.3, 0.4) is 0 Å². The summed E-state index contributed by atoms with van der Waals surface area (Å²) in [5.41, 5.74) is 0. The molecule has 0 atom stereocenters. The second kappa shape index (κ2) is 7.28. The molecule has 0 nitrogen and oxygen atoms in total. The highest BCUT2D eigenvalue weighted by Gasteiger charge is 2.15. The summed E-state index contributed by atoms with van der Waals surface area (Å²) in [5, 5.41) is 3.66. The summed E-state index contributed by atoms with van der Waals surface area (Å²) in [6, 6.07) is 0. The minimum absolute atomic E-state index is 0.572. The highest BCUT2D eigenvalue weighted by molar-refractivity contribution is 8.37. The van der Waals surface area contributed by atoms with Gasteiger partial charge in [-0.2, -0.15) is 10.0 Å². The average Bonchev–Trinajstić information content (AvgIpc) is 2.37. The predicted molar refractivity (Wildman–Crippen MR) is 78.2 cm³/mol. The van der Waals surface area contributed by atoms with Crippen molar-refractivity contribution in [1.29, 1.82) is 0 Å². The van der Waals surface area contributed by atoms with Gasteiger partial charge in [-0.3, -0.25) is 0 Å². The van der Waals surface area contributed by atoms with Crippen molar-refractivity contribution in [3.8, 4) is 11.2 Å². The molecule has 0 saturated heterocycles. The fourth-order valence-electron chi connectivity index (χ4n) is 2.56. The van der Waals surface area contributed by atoms with Crippen LogP contribution in [0.4, 0.5) is 0 Å². The first kappa shape index (κ1) is 14.0. The Balaban J connectivity index is 2.44. The van der Waals surface area contributed by atoms with Crippen LogP contribution in [0, 0.1) is 17.1 Å². The van der Waals surface area contributed by atoms with E-state index in [0.717, 1.165) is 5.92 Å². The van der Waals surface area contributed by atoms with Crippen LogP contribution in [0.25, 0.3) is 0 Å². The van der Waals surface area contributed by atoms with E-state index in [1.165, 1.54) is 55.8 Å². The van der Waals surface area contributed by atoms with Crippen molar-refractivity contribution in [3.05, 3.63) is 0 Å². The summed E-state index contributed by atoms with van der Waals surface area (Å²) in [7, 11) is -0.572. The van der Waals surface area contributed by atoms with Crippen LogP contribution in [0.1, 0.15) is 59.3 Å². The standard InChI is InChI=1S/C15H28S/c1-4-16(5-2,6-3)14-10-13-15-11-8-7-9-12-15/h15H,4-9,11-13H2,1-3H3. The van der Waals surface area contributed by atoms with Crippen LogP contribution < -0.4 is 0 Å². The molecule has 0 heterocycles. The molecule has 0 spiro atoms. The predicted octanol–water partition coefficient (Wildman–Crippen LogP) is 4.78. The Bertz CT molecular complexity index is 228. The summed E-state index contributed by atoms with van der Waals surface area (Å²) < 4.78 is 0. The van der Waals surface area contributed by atoms with Crippen molar-refractivity contribution in [1.82, 2.24) is 0 Å². The van der Waals surface area contributed by atoms with Gasteiger partial charge in [-0.15, -0.1) is 0 Å². The molecule has 1 aliphatic rings. The first-order valence-electron chi connectivity index (χ1n) is 7.02. The van der Waals surface area contributed by atoms with E-state index in [1.807, 2.05) is 0 Å². The molecule has 0 aliphatic heterocycles. The molecule has 1 fully saturated rings. The third-order valence-corrected chi connectivity index (χ3v) is 7.95. The maximum atomic E-state index is 3.66. The minimum atomic E-state index is -0.572. The van der Waals surface area contributed by atoms with Crippen molar-refractivity contribution in [2.75, 3.05) is 17.3 Å². The van der Waals surface area contributed by atoms with Gasteiger partial charge in [0.1, 0.15) is 0 Å². The summed E-state index contributed by atoms with van der Waals surface area (Å²) >= 11 is 0. The zero-order valence-electron chi connectivity index (χ0n) is 11.3. The Labute approximate surface area is 104 Å². The van der Waals surface area contributed by atoms with E-state index in [9.17, 15) is 0 Å². The molecule has 0 aromatic carbocycles. The van der Waals surface area contributed by atoms with Gasteiger partial charge in [-0.05, 0) is 36.0 Å². The van der Waals surface area contributed by atoms with Gasteiger partial charge in [0.2, 0.25) is 0 Å². The maximum Gasteiger partial charge on any atom is 0.0125 e. The van der Waals surface area contributed by atoms with E-state index in [-0.39, 0.29) is 0 Å². The Morgan fingerprint density at radius 3 is 2.00 bits per heavy atom. The molecule has 94 valence electrons. The van der Waals surface area contributed by atoms with E-state index in [2.05, 4.69) is 31.9 Å². The van der Waals surface area contributed by atoms with Gasteiger partial charge in [0.05, 0.1) is 0 Å². The fourth-order valence-corrected chi connectivity index (χ4v) is 4.61. The van der Waals surface area contributed by atoms with Gasteiger partial charge < -0.3 is 0 Å². The quantitative estimate of drug-likeness (QED) is 0.620. The summed E-state index contributed by atoms with van der Waals surface area (Å²) in [5.74, 6) is 8.32. The summed E-state index contributed by atoms with van der Waals surface area (Å²) in [6.07, 6.45) is 8.38. The third-order valence-electron chi connectivity index (χ3n) is 4.06. The van der Waals surface area contributed by atoms with Gasteiger partial charge in [0, 0.05) is 6.42 Å². The largest absolute Gasteiger partial charge is 0.178 e. The Morgan fingerprint density at radius 1 is 0.938 bits per heavy atom. The molecule has 16 heavy (non-hydrogen) atoms. The molecule has 1 heteroatoms. The van der Waals surface area contributed by atoms with Crippen LogP contribution in [-0.2, 0) is 0 Å². The monoisotopic (exact) mass is 240 g/mol. The Hall–Kier alpha value is -0.0900. The normalized spacial score (nSPS) is 18.9. The lowest BCUT2D eigenvalue weighted by Gasteiger charge is -2.30. The highest BCUT2D eigenvalue weighted by atomic mass is 32.3. The second-order valence-electron chi connectivity index (χ2n) is 4.90. The Kier molecular flexibility index (Phi) is 6.36. The van der Waals surface area contributed by atoms with Crippen LogP contribution in [0.5, 0.6) is 0 Å². The number of hydrogen-bond acceptors (Lipinski definition) is 0. The van der Waals surface area contributed by atoms with E-state index < -0.39 is 10.0 Å². The first-order valence-corrected chi connectivity index (χ1v) is 9.16. The van der Waals surface area contributed by atoms with Crippen LogP contribution >= 0.6 is 10.0 Å². The number of hydrogen-bond donors (Lipinski definition) is 0. The number of rotatable bonds is 4. The zero-order valence-corrected chi connectivity index (χ0v) is 12.2. The molecule has 0 radical (unpaired) electrons. The average molecular weight is 240 g/mol. The molecular formula is C15H28S. The van der Waals surface area contributed by atoms with Crippen LogP contribution in [0.2, 0.25) is 0 Å². The molecule has 0 N–H and O–H groups in total. The molecule has 0 amide bonds. The van der Waals surface area contributed by atoms with Crippen molar-refractivity contribution in [2.24, 2.45) is 5.92 Å². The molecule has 1 aliphatic carbocycles. The third kappa shape index (κ3) is 4.06. The lowest BCUT2D eigenvalue weighted by molar-refractivity contribution is 0.365. The minimum Gasteiger partial charge on any atom is -0.178 e. The molecule has 0 bridgehead atoms. The van der Waals surface area contributed by atoms with Gasteiger partial charge in [-0.1, -0.05) is 51.2 Å². The lowest BCUT2D eigenvalue weighted by Crippen LogP contribution is -2.07. The van der Waals surface area contributed by atoms with E-state index >= 15 is 0 Å². The van der Waals surface area contributed by atoms with Gasteiger partial charge in [-0.25, -0.2) is 0 Å². The SMILES string of the molecule is CCS(C#CCC1CCCCC1)(CC)CC. The summed E-state index contributed by atoms with van der Waals surface area (Å²) in [6.45, 7) is 6.95. The molecule has 1 saturated carbocycles. The van der Waals surface area contributed by atoms with E-state index in [1.54, 1.807) is 0 Å². The van der Waals surface area contributed by atoms with Crippen LogP contribution in [-0.4, -0.2) is 17.3 Å². The zero-order chi connectivity index (χ0) is 11.9. The van der Waals surface area contributed by atoms with Crippen molar-refractivity contribution in [3.63, 3.8) is 0 Å². The first-order chi connectivity index (χ1) is 7.76. The summed E-state index contributed by atoms with van der Waals surface area (Å²) in [4.78, 5) is 0. The molecule has 1 rings (SSSR count). The topological polar surface area (TPSA) is 0 Å². The maximum absolute atomic E-state index is 3.66. The molecule has 0 aromatic rings. The smallest absolute Gasteiger partial charge is 0.0125 e. The van der Waals surface area contributed by atoms with E-state index in [0.29, 0.717) is 0 Å². The van der Waals surface area contributed by atoms with Crippen molar-refractivity contribution < 1.29 is 0 Å². The fraction of sp³-hybridized carbons (Fsp3) is 0.867. The Morgan fingerprint density at radius 2 is 1.50 bits per heavy atom. The molecule has 0 unspecified atom stereocenters. The van der Waals surface area contributed by atoms with Crippen LogP contribution in [0.15, 0.2) is 0 Å². The highest BCUT2D eigenvalue weighted by Crippen LogP contribution is 2.45. The molecular weight excluding hydrogens is 212 g/mol. The van der Waals surface area contributed by atoms with Gasteiger partial charge >= 0.3 is 0 Å². The lowest BCUT2D eigenvalue weighted by atomic mass is 9.87. The molecule has 0 aromatic heterocycles. The van der Waals surface area contributed by atoms with Gasteiger partial charge in [0.25, 0.3) is 0 Å². The van der Waals surface area contributed by atoms with Gasteiger partial charge in [0.15, 0.2) is 0 Å². The van der Waals surface area contributed by atoms with Crippen molar-refractivity contribution >= 4 is 10.0 Å².